The van der Waals surface area contributed by atoms with Crippen molar-refractivity contribution < 1.29 is 13.6 Å². The molecule has 0 aromatic heterocycles. The summed E-state index contributed by atoms with van der Waals surface area (Å²) in [5.41, 5.74) is 0.842. The summed E-state index contributed by atoms with van der Waals surface area (Å²) in [6.07, 6.45) is 0. The lowest BCUT2D eigenvalue weighted by Crippen LogP contribution is -2.26. The third kappa shape index (κ3) is 5.20. The van der Waals surface area contributed by atoms with E-state index in [1.165, 1.54) is 0 Å². The van der Waals surface area contributed by atoms with Crippen molar-refractivity contribution in [3.05, 3.63) is 30.3 Å². The predicted octanol–water partition coefficient (Wildman–Crippen LogP) is 5.09. The van der Waals surface area contributed by atoms with E-state index in [1.54, 1.807) is 0 Å². The van der Waals surface area contributed by atoms with Gasteiger partial charge in [-0.25, -0.2) is 9.42 Å². The average Bonchev–Trinajstić information content (AvgIpc) is 2.55. The Labute approximate surface area is 151 Å². The quantitative estimate of drug-likeness (QED) is 0.516. The molecule has 1 unspecified atom stereocenters. The van der Waals surface area contributed by atoms with Gasteiger partial charge < -0.3 is 13.6 Å². The highest BCUT2D eigenvalue weighted by Gasteiger charge is 2.40. The Kier molecular flexibility index (Phi) is 9.28. The number of benzene rings is 1. The van der Waals surface area contributed by atoms with Crippen LogP contribution in [0.4, 0.5) is 5.69 Å². The van der Waals surface area contributed by atoms with Gasteiger partial charge >= 0.3 is 0 Å². The first-order valence-electron chi connectivity index (χ1n) is 7.99. The van der Waals surface area contributed by atoms with Crippen LogP contribution in [-0.2, 0) is 25.4 Å². The van der Waals surface area contributed by atoms with E-state index in [0.717, 1.165) is 5.69 Å². The standard InChI is InChI=1S/C15H29N3O3P2S/c1-7-19-22(17(4)5,16-15-13-11-10-12-14-15)18(6)23(24,20-8-2)21-9-3/h10-14H,7-9H2,1-6H3. The summed E-state index contributed by atoms with van der Waals surface area (Å²) in [5, 5.41) is 0. The number of nitrogens with zero attached hydrogens (tertiary/aromatic N) is 3. The molecule has 138 valence electrons. The first-order valence-corrected chi connectivity index (χ1v) is 12.1. The van der Waals surface area contributed by atoms with Crippen LogP contribution >= 0.6 is 14.2 Å². The Balaban J connectivity index is 3.51. The highest BCUT2D eigenvalue weighted by atomic mass is 32.5. The van der Waals surface area contributed by atoms with E-state index in [9.17, 15) is 0 Å². The van der Waals surface area contributed by atoms with Gasteiger partial charge in [-0.1, -0.05) is 18.2 Å². The second kappa shape index (κ2) is 10.1. The Morgan fingerprint density at radius 3 is 1.83 bits per heavy atom. The maximum atomic E-state index is 6.19. The van der Waals surface area contributed by atoms with Gasteiger partial charge in [0.1, 0.15) is 0 Å². The first kappa shape index (κ1) is 21.9. The van der Waals surface area contributed by atoms with Crippen LogP contribution in [0.5, 0.6) is 0 Å². The molecule has 0 aliphatic heterocycles. The van der Waals surface area contributed by atoms with E-state index >= 15 is 0 Å². The SMILES string of the molecule is CCOP(=S)(OCC)N(C)P(=Nc1ccccc1)(OCC)N(C)C. The molecule has 0 heterocycles. The molecule has 0 saturated carbocycles. The van der Waals surface area contributed by atoms with Crippen LogP contribution in [0.15, 0.2) is 35.1 Å². The van der Waals surface area contributed by atoms with Crippen molar-refractivity contribution in [2.24, 2.45) is 4.74 Å². The molecule has 1 atom stereocenters. The van der Waals surface area contributed by atoms with Gasteiger partial charge in [0, 0.05) is 7.05 Å². The summed E-state index contributed by atoms with van der Waals surface area (Å²) in [6, 6.07) is 9.78. The van der Waals surface area contributed by atoms with Crippen LogP contribution in [0.1, 0.15) is 20.8 Å². The minimum atomic E-state index is -2.70. The van der Waals surface area contributed by atoms with Gasteiger partial charge in [-0.15, -0.1) is 0 Å². The fourth-order valence-electron chi connectivity index (χ4n) is 2.13. The van der Waals surface area contributed by atoms with Crippen LogP contribution < -0.4 is 0 Å². The summed E-state index contributed by atoms with van der Waals surface area (Å²) in [5.74, 6) is 0. The molecule has 0 bridgehead atoms. The van der Waals surface area contributed by atoms with Gasteiger partial charge in [-0.3, -0.25) is 0 Å². The van der Waals surface area contributed by atoms with Crippen LogP contribution in [0, 0.1) is 0 Å². The average molecular weight is 393 g/mol. The van der Waals surface area contributed by atoms with E-state index in [1.807, 2.05) is 81.4 Å². The van der Waals surface area contributed by atoms with E-state index in [2.05, 4.69) is 0 Å². The van der Waals surface area contributed by atoms with Gasteiger partial charge in [0.05, 0.1) is 25.5 Å². The van der Waals surface area contributed by atoms with E-state index < -0.39 is 14.2 Å². The monoisotopic (exact) mass is 393 g/mol. The van der Waals surface area contributed by atoms with E-state index in [0.29, 0.717) is 19.8 Å². The number of hydrogen-bond acceptors (Lipinski definition) is 5. The molecule has 24 heavy (non-hydrogen) atoms. The molecule has 1 aromatic carbocycles. The first-order chi connectivity index (χ1) is 11.4. The van der Waals surface area contributed by atoms with Gasteiger partial charge in [-0.2, -0.15) is 4.44 Å². The molecule has 6 nitrogen and oxygen atoms in total. The maximum absolute atomic E-state index is 6.19. The van der Waals surface area contributed by atoms with Crippen molar-refractivity contribution in [2.75, 3.05) is 41.0 Å². The zero-order valence-corrected chi connectivity index (χ0v) is 18.0. The molecule has 9 heteroatoms. The molecule has 0 aliphatic carbocycles. The Hall–Kier alpha value is -0.100. The zero-order valence-electron chi connectivity index (χ0n) is 15.4. The minimum Gasteiger partial charge on any atom is -0.321 e. The van der Waals surface area contributed by atoms with Crippen molar-refractivity contribution in [1.29, 1.82) is 0 Å². The summed E-state index contributed by atoms with van der Waals surface area (Å²) in [6.45, 7) is 4.56. The van der Waals surface area contributed by atoms with Crippen molar-refractivity contribution in [3.8, 4) is 0 Å². The largest absolute Gasteiger partial charge is 0.321 e. The highest BCUT2D eigenvalue weighted by molar-refractivity contribution is 8.10. The lowest BCUT2D eigenvalue weighted by molar-refractivity contribution is 0.234. The highest BCUT2D eigenvalue weighted by Crippen LogP contribution is 2.70. The van der Waals surface area contributed by atoms with Crippen molar-refractivity contribution in [3.63, 3.8) is 0 Å². The van der Waals surface area contributed by atoms with E-state index in [-0.39, 0.29) is 0 Å². The Morgan fingerprint density at radius 2 is 1.42 bits per heavy atom. The minimum absolute atomic E-state index is 0.479. The Bertz CT molecular complexity index is 589. The molecule has 0 amide bonds. The van der Waals surface area contributed by atoms with Gasteiger partial charge in [0.25, 0.3) is 6.64 Å². The number of rotatable bonds is 10. The van der Waals surface area contributed by atoms with E-state index in [4.69, 9.17) is 30.1 Å². The molecule has 0 fully saturated rings. The zero-order chi connectivity index (χ0) is 18.2. The van der Waals surface area contributed by atoms with Crippen molar-refractivity contribution in [1.82, 2.24) is 9.11 Å². The van der Waals surface area contributed by atoms with Crippen molar-refractivity contribution in [2.45, 2.75) is 20.8 Å². The molecule has 0 radical (unpaired) electrons. The van der Waals surface area contributed by atoms with Crippen molar-refractivity contribution >= 4 is 31.7 Å². The lowest BCUT2D eigenvalue weighted by Gasteiger charge is -2.41. The fourth-order valence-corrected chi connectivity index (χ4v) is 8.95. The molecule has 1 rings (SSSR count). The molecule has 0 spiro atoms. The van der Waals surface area contributed by atoms with Crippen LogP contribution in [0.2, 0.25) is 0 Å². The van der Waals surface area contributed by atoms with Crippen LogP contribution in [0.25, 0.3) is 0 Å². The summed E-state index contributed by atoms with van der Waals surface area (Å²) >= 11 is 5.77. The third-order valence-corrected chi connectivity index (χ3v) is 11.0. The maximum Gasteiger partial charge on any atom is 0.271 e. The van der Waals surface area contributed by atoms with Gasteiger partial charge in [0.15, 0.2) is 0 Å². The predicted molar refractivity (Wildman–Crippen MR) is 106 cm³/mol. The molecular formula is C15H29N3O3P2S. The fraction of sp³-hybridized carbons (Fsp3) is 0.600. The normalized spacial score (nSPS) is 14.8. The smallest absolute Gasteiger partial charge is 0.271 e. The molecule has 0 N–H and O–H groups in total. The third-order valence-electron chi connectivity index (χ3n) is 3.14. The summed E-state index contributed by atoms with van der Waals surface area (Å²) in [7, 11) is 3.21. The molecule has 0 aliphatic rings. The van der Waals surface area contributed by atoms with Gasteiger partial charge in [-0.05, 0) is 58.8 Å². The Morgan fingerprint density at radius 1 is 0.917 bits per heavy atom. The van der Waals surface area contributed by atoms with Crippen LogP contribution in [-0.4, -0.2) is 50.1 Å². The number of hydrogen-bond donors (Lipinski definition) is 0. The second-order valence-corrected chi connectivity index (χ2v) is 11.6. The lowest BCUT2D eigenvalue weighted by atomic mass is 10.3. The second-order valence-electron chi connectivity index (χ2n) is 5.01. The summed E-state index contributed by atoms with van der Waals surface area (Å²) < 4.78 is 26.8. The van der Waals surface area contributed by atoms with Gasteiger partial charge in [0.2, 0.25) is 7.58 Å². The molecular weight excluding hydrogens is 364 g/mol. The summed E-state index contributed by atoms with van der Waals surface area (Å²) in [4.78, 5) is 0. The van der Waals surface area contributed by atoms with Crippen LogP contribution in [0.3, 0.4) is 0 Å². The molecule has 0 saturated heterocycles. The molecule has 1 aromatic rings. The topological polar surface area (TPSA) is 46.5 Å².